The Morgan fingerprint density at radius 2 is 1.94 bits per heavy atom. The van der Waals surface area contributed by atoms with Crippen molar-refractivity contribution < 1.29 is 0 Å². The van der Waals surface area contributed by atoms with Gasteiger partial charge in [0.2, 0.25) is 0 Å². The first-order valence-electron chi connectivity index (χ1n) is 5.36. The Kier molecular flexibility index (Phi) is 3.17. The summed E-state index contributed by atoms with van der Waals surface area (Å²) in [5.74, 6) is 1.54. The van der Waals surface area contributed by atoms with Crippen molar-refractivity contribution in [3.63, 3.8) is 0 Å². The Labute approximate surface area is 113 Å². The SMILES string of the molecule is Clc1cncc2nnc(CSc3ccccc3)n12. The van der Waals surface area contributed by atoms with Crippen LogP contribution in [0.15, 0.2) is 47.6 Å². The maximum atomic E-state index is 6.10. The smallest absolute Gasteiger partial charge is 0.180 e. The fourth-order valence-corrected chi connectivity index (χ4v) is 2.70. The summed E-state index contributed by atoms with van der Waals surface area (Å²) in [5, 5.41) is 8.71. The van der Waals surface area contributed by atoms with Gasteiger partial charge in [0.25, 0.3) is 0 Å². The standard InChI is InChI=1S/C12H9ClN4S/c13-10-6-14-7-11-15-16-12(17(10)11)8-18-9-4-2-1-3-5-9/h1-7H,8H2. The molecular weight excluding hydrogens is 268 g/mol. The number of hydrogen-bond acceptors (Lipinski definition) is 4. The third kappa shape index (κ3) is 2.19. The van der Waals surface area contributed by atoms with E-state index in [0.717, 1.165) is 11.6 Å². The number of nitrogens with zero attached hydrogens (tertiary/aromatic N) is 4. The molecule has 0 spiro atoms. The summed E-state index contributed by atoms with van der Waals surface area (Å²) in [6, 6.07) is 10.2. The second-order valence-corrected chi connectivity index (χ2v) is 5.08. The normalized spacial score (nSPS) is 10.9. The molecule has 3 aromatic rings. The molecule has 0 radical (unpaired) electrons. The van der Waals surface area contributed by atoms with Gasteiger partial charge in [-0.1, -0.05) is 29.8 Å². The van der Waals surface area contributed by atoms with E-state index in [1.165, 1.54) is 4.90 Å². The van der Waals surface area contributed by atoms with Crippen LogP contribution >= 0.6 is 23.4 Å². The summed E-state index contributed by atoms with van der Waals surface area (Å²) >= 11 is 7.80. The average molecular weight is 277 g/mol. The summed E-state index contributed by atoms with van der Waals surface area (Å²) in [4.78, 5) is 5.18. The van der Waals surface area contributed by atoms with Crippen LogP contribution < -0.4 is 0 Å². The molecule has 3 rings (SSSR count). The van der Waals surface area contributed by atoms with Gasteiger partial charge in [0.05, 0.1) is 18.1 Å². The zero-order valence-electron chi connectivity index (χ0n) is 9.32. The first-order chi connectivity index (χ1) is 8.84. The van der Waals surface area contributed by atoms with Crippen LogP contribution in [0.25, 0.3) is 5.65 Å². The van der Waals surface area contributed by atoms with Crippen LogP contribution in [0.5, 0.6) is 0 Å². The van der Waals surface area contributed by atoms with Crippen molar-refractivity contribution in [2.24, 2.45) is 0 Å². The predicted molar refractivity (Wildman–Crippen MR) is 71.8 cm³/mol. The molecule has 0 unspecified atom stereocenters. The van der Waals surface area contributed by atoms with Gasteiger partial charge in [0.1, 0.15) is 11.0 Å². The third-order valence-electron chi connectivity index (χ3n) is 2.45. The fraction of sp³-hybridized carbons (Fsp3) is 0.0833. The molecule has 0 atom stereocenters. The highest BCUT2D eigenvalue weighted by Gasteiger charge is 2.08. The Balaban J connectivity index is 1.87. The van der Waals surface area contributed by atoms with E-state index in [1.807, 2.05) is 22.6 Å². The Morgan fingerprint density at radius 1 is 1.11 bits per heavy atom. The van der Waals surface area contributed by atoms with E-state index in [2.05, 4.69) is 27.3 Å². The van der Waals surface area contributed by atoms with Gasteiger partial charge in [-0.15, -0.1) is 22.0 Å². The molecule has 0 bridgehead atoms. The number of hydrogen-bond donors (Lipinski definition) is 0. The van der Waals surface area contributed by atoms with E-state index >= 15 is 0 Å². The quantitative estimate of drug-likeness (QED) is 0.690. The van der Waals surface area contributed by atoms with E-state index in [1.54, 1.807) is 24.2 Å². The number of rotatable bonds is 3. The molecule has 90 valence electrons. The Hall–Kier alpha value is -1.59. The van der Waals surface area contributed by atoms with E-state index in [0.29, 0.717) is 10.8 Å². The molecule has 1 aromatic carbocycles. The minimum atomic E-state index is 0.529. The maximum absolute atomic E-state index is 6.10. The van der Waals surface area contributed by atoms with Crippen molar-refractivity contribution in [1.29, 1.82) is 0 Å². The molecule has 0 aliphatic heterocycles. The summed E-state index contributed by atoms with van der Waals surface area (Å²) in [5.41, 5.74) is 0.672. The van der Waals surface area contributed by atoms with Crippen LogP contribution in [0, 0.1) is 0 Å². The van der Waals surface area contributed by atoms with Crippen LogP contribution in [-0.4, -0.2) is 19.6 Å². The predicted octanol–water partition coefficient (Wildman–Crippen LogP) is 3.07. The third-order valence-corrected chi connectivity index (χ3v) is 3.73. The van der Waals surface area contributed by atoms with Crippen LogP contribution in [0.2, 0.25) is 5.15 Å². The molecule has 0 amide bonds. The van der Waals surface area contributed by atoms with Gasteiger partial charge in [-0.05, 0) is 12.1 Å². The van der Waals surface area contributed by atoms with Crippen molar-refractivity contribution in [2.45, 2.75) is 10.6 Å². The zero-order chi connectivity index (χ0) is 12.4. The van der Waals surface area contributed by atoms with E-state index in [9.17, 15) is 0 Å². The van der Waals surface area contributed by atoms with Gasteiger partial charge in [-0.2, -0.15) is 0 Å². The number of fused-ring (bicyclic) bond motifs is 1. The van der Waals surface area contributed by atoms with Gasteiger partial charge < -0.3 is 0 Å². The topological polar surface area (TPSA) is 43.1 Å². The highest BCUT2D eigenvalue weighted by Crippen LogP contribution is 2.22. The summed E-state index contributed by atoms with van der Waals surface area (Å²) in [6.07, 6.45) is 3.24. The number of thioether (sulfide) groups is 1. The molecular formula is C12H9ClN4S. The lowest BCUT2D eigenvalue weighted by atomic mass is 10.4. The fourth-order valence-electron chi connectivity index (χ4n) is 1.63. The zero-order valence-corrected chi connectivity index (χ0v) is 10.9. The molecule has 0 aliphatic rings. The maximum Gasteiger partial charge on any atom is 0.180 e. The van der Waals surface area contributed by atoms with E-state index in [-0.39, 0.29) is 0 Å². The van der Waals surface area contributed by atoms with Crippen LogP contribution in [0.3, 0.4) is 0 Å². The second-order valence-electron chi connectivity index (χ2n) is 3.64. The minimum Gasteiger partial charge on any atom is -0.266 e. The van der Waals surface area contributed by atoms with Crippen molar-refractivity contribution in [1.82, 2.24) is 19.6 Å². The molecule has 6 heteroatoms. The molecule has 4 nitrogen and oxygen atoms in total. The van der Waals surface area contributed by atoms with Gasteiger partial charge >= 0.3 is 0 Å². The lowest BCUT2D eigenvalue weighted by Gasteiger charge is -2.01. The van der Waals surface area contributed by atoms with Gasteiger partial charge in [0, 0.05) is 4.90 Å². The molecule has 0 saturated carbocycles. The second kappa shape index (κ2) is 4.96. The Morgan fingerprint density at radius 3 is 2.78 bits per heavy atom. The van der Waals surface area contributed by atoms with Gasteiger partial charge in [-0.3, -0.25) is 9.38 Å². The molecule has 2 heterocycles. The number of benzene rings is 1. The number of aromatic nitrogens is 4. The Bertz CT molecular complexity index is 668. The van der Waals surface area contributed by atoms with E-state index < -0.39 is 0 Å². The summed E-state index contributed by atoms with van der Waals surface area (Å²) < 4.78 is 1.81. The van der Waals surface area contributed by atoms with Crippen LogP contribution in [0.4, 0.5) is 0 Å². The summed E-state index contributed by atoms with van der Waals surface area (Å²) in [6.45, 7) is 0. The highest BCUT2D eigenvalue weighted by atomic mass is 35.5. The molecule has 0 aliphatic carbocycles. The molecule has 18 heavy (non-hydrogen) atoms. The van der Waals surface area contributed by atoms with Crippen molar-refractivity contribution >= 4 is 29.0 Å². The average Bonchev–Trinajstić information content (AvgIpc) is 2.82. The monoisotopic (exact) mass is 276 g/mol. The molecule has 0 saturated heterocycles. The van der Waals surface area contributed by atoms with Crippen LogP contribution in [-0.2, 0) is 5.75 Å². The minimum absolute atomic E-state index is 0.529. The largest absolute Gasteiger partial charge is 0.266 e. The molecule has 2 aromatic heterocycles. The summed E-state index contributed by atoms with van der Waals surface area (Å²) in [7, 11) is 0. The lowest BCUT2D eigenvalue weighted by molar-refractivity contribution is 0.985. The van der Waals surface area contributed by atoms with Gasteiger partial charge in [-0.25, -0.2) is 0 Å². The first-order valence-corrected chi connectivity index (χ1v) is 6.72. The van der Waals surface area contributed by atoms with E-state index in [4.69, 9.17) is 11.6 Å². The van der Waals surface area contributed by atoms with Crippen molar-refractivity contribution in [3.05, 3.63) is 53.7 Å². The first kappa shape index (κ1) is 11.5. The lowest BCUT2D eigenvalue weighted by Crippen LogP contribution is -1.94. The van der Waals surface area contributed by atoms with Crippen LogP contribution in [0.1, 0.15) is 5.82 Å². The number of halogens is 1. The molecule has 0 fully saturated rings. The highest BCUT2D eigenvalue weighted by molar-refractivity contribution is 7.98. The van der Waals surface area contributed by atoms with Crippen molar-refractivity contribution in [2.75, 3.05) is 0 Å². The van der Waals surface area contributed by atoms with Crippen molar-refractivity contribution in [3.8, 4) is 0 Å². The molecule has 0 N–H and O–H groups in total. The van der Waals surface area contributed by atoms with Gasteiger partial charge in [0.15, 0.2) is 5.65 Å².